The van der Waals surface area contributed by atoms with Crippen LogP contribution < -0.4 is 0 Å². The summed E-state index contributed by atoms with van der Waals surface area (Å²) < 4.78 is 0. The third kappa shape index (κ3) is 3.33. The first-order valence-electron chi connectivity index (χ1n) is 6.19. The second-order valence-electron chi connectivity index (χ2n) is 4.72. The van der Waals surface area contributed by atoms with Crippen molar-refractivity contribution in [1.82, 2.24) is 9.97 Å². The fourth-order valence-corrected chi connectivity index (χ4v) is 2.52. The van der Waals surface area contributed by atoms with Crippen molar-refractivity contribution in [3.8, 4) is 11.1 Å². The maximum Gasteiger partial charge on any atom is 0.115 e. The smallest absolute Gasteiger partial charge is 0.115 e. The molecule has 0 N–H and O–H groups in total. The molecular formula is C15H18N2S. The van der Waals surface area contributed by atoms with Crippen LogP contribution in [0.3, 0.4) is 0 Å². The number of benzene rings is 1. The Hall–Kier alpha value is -1.35. The maximum atomic E-state index is 4.04. The summed E-state index contributed by atoms with van der Waals surface area (Å²) >= 11 is 1.92. The largest absolute Gasteiger partial charge is 0.244 e. The van der Waals surface area contributed by atoms with E-state index in [0.717, 1.165) is 11.1 Å². The molecule has 1 atom stereocenters. The minimum Gasteiger partial charge on any atom is -0.244 e. The van der Waals surface area contributed by atoms with Crippen LogP contribution in [0.25, 0.3) is 11.1 Å². The van der Waals surface area contributed by atoms with Crippen molar-refractivity contribution >= 4 is 11.8 Å². The van der Waals surface area contributed by atoms with Gasteiger partial charge < -0.3 is 0 Å². The van der Waals surface area contributed by atoms with Crippen molar-refractivity contribution in [2.24, 2.45) is 5.92 Å². The molecular weight excluding hydrogens is 240 g/mol. The quantitative estimate of drug-likeness (QED) is 0.765. The summed E-state index contributed by atoms with van der Waals surface area (Å²) in [4.78, 5) is 9.39. The highest BCUT2D eigenvalue weighted by molar-refractivity contribution is 8.00. The number of nitrogens with zero attached hydrogens (tertiary/aromatic N) is 2. The van der Waals surface area contributed by atoms with Crippen LogP contribution in [-0.2, 0) is 0 Å². The molecule has 18 heavy (non-hydrogen) atoms. The van der Waals surface area contributed by atoms with Crippen LogP contribution >= 0.6 is 11.8 Å². The molecule has 1 heterocycles. The molecule has 2 rings (SSSR count). The first-order chi connectivity index (χ1) is 8.66. The van der Waals surface area contributed by atoms with Crippen LogP contribution in [0, 0.1) is 5.92 Å². The third-order valence-corrected chi connectivity index (χ3v) is 4.47. The van der Waals surface area contributed by atoms with Crippen molar-refractivity contribution in [2.45, 2.75) is 30.9 Å². The molecule has 0 aliphatic carbocycles. The van der Waals surface area contributed by atoms with E-state index in [1.165, 1.54) is 4.90 Å². The molecule has 0 aliphatic heterocycles. The fraction of sp³-hybridized carbons (Fsp3) is 0.333. The Bertz CT molecular complexity index is 480. The summed E-state index contributed by atoms with van der Waals surface area (Å²) in [7, 11) is 0. The van der Waals surface area contributed by atoms with Crippen LogP contribution in [-0.4, -0.2) is 15.2 Å². The monoisotopic (exact) mass is 258 g/mol. The standard InChI is InChI=1S/C15H18N2S/c1-11(2)12(3)18-15-6-4-13(5-7-15)14-8-16-10-17-9-14/h4-12H,1-3H3. The van der Waals surface area contributed by atoms with E-state index in [2.05, 4.69) is 55.0 Å². The Morgan fingerprint density at radius 2 is 1.50 bits per heavy atom. The average Bonchev–Trinajstić information content (AvgIpc) is 2.40. The second kappa shape index (κ2) is 6.01. The Morgan fingerprint density at radius 1 is 0.889 bits per heavy atom. The zero-order valence-electron chi connectivity index (χ0n) is 11.0. The predicted molar refractivity (Wildman–Crippen MR) is 77.6 cm³/mol. The number of rotatable bonds is 4. The first-order valence-corrected chi connectivity index (χ1v) is 7.07. The van der Waals surface area contributed by atoms with Gasteiger partial charge >= 0.3 is 0 Å². The molecule has 1 aromatic carbocycles. The molecule has 2 nitrogen and oxygen atoms in total. The van der Waals surface area contributed by atoms with Crippen molar-refractivity contribution in [3.63, 3.8) is 0 Å². The van der Waals surface area contributed by atoms with Gasteiger partial charge in [0.1, 0.15) is 6.33 Å². The molecule has 0 fully saturated rings. The molecule has 0 saturated heterocycles. The van der Waals surface area contributed by atoms with E-state index in [1.54, 1.807) is 6.33 Å². The lowest BCUT2D eigenvalue weighted by molar-refractivity contribution is 0.642. The van der Waals surface area contributed by atoms with Crippen LogP contribution in [0.4, 0.5) is 0 Å². The minimum absolute atomic E-state index is 0.635. The fourth-order valence-electron chi connectivity index (χ4n) is 1.52. The van der Waals surface area contributed by atoms with E-state index in [0.29, 0.717) is 11.2 Å². The molecule has 3 heteroatoms. The highest BCUT2D eigenvalue weighted by Gasteiger charge is 2.08. The number of hydrogen-bond acceptors (Lipinski definition) is 3. The third-order valence-electron chi connectivity index (χ3n) is 3.01. The molecule has 0 saturated carbocycles. The zero-order chi connectivity index (χ0) is 13.0. The van der Waals surface area contributed by atoms with Crippen LogP contribution in [0.15, 0.2) is 47.9 Å². The summed E-state index contributed by atoms with van der Waals surface area (Å²) in [6.07, 6.45) is 5.23. The molecule has 0 aliphatic rings. The van der Waals surface area contributed by atoms with Crippen molar-refractivity contribution in [3.05, 3.63) is 43.0 Å². The van der Waals surface area contributed by atoms with Crippen LogP contribution in [0.5, 0.6) is 0 Å². The van der Waals surface area contributed by atoms with Gasteiger partial charge in [-0.05, 0) is 23.6 Å². The van der Waals surface area contributed by atoms with Gasteiger partial charge in [-0.25, -0.2) is 9.97 Å². The number of aromatic nitrogens is 2. The van der Waals surface area contributed by atoms with Gasteiger partial charge in [0.15, 0.2) is 0 Å². The predicted octanol–water partition coefficient (Wildman–Crippen LogP) is 4.28. The van der Waals surface area contributed by atoms with Crippen molar-refractivity contribution in [2.75, 3.05) is 0 Å². The highest BCUT2D eigenvalue weighted by Crippen LogP contribution is 2.29. The SMILES string of the molecule is CC(C)C(C)Sc1ccc(-c2cncnc2)cc1. The van der Waals surface area contributed by atoms with Crippen molar-refractivity contribution in [1.29, 1.82) is 0 Å². The topological polar surface area (TPSA) is 25.8 Å². The van der Waals surface area contributed by atoms with E-state index < -0.39 is 0 Å². The van der Waals surface area contributed by atoms with E-state index in [1.807, 2.05) is 24.2 Å². The van der Waals surface area contributed by atoms with Gasteiger partial charge in [0.2, 0.25) is 0 Å². The Morgan fingerprint density at radius 3 is 2.06 bits per heavy atom. The molecule has 94 valence electrons. The van der Waals surface area contributed by atoms with Gasteiger partial charge in [-0.1, -0.05) is 32.9 Å². The van der Waals surface area contributed by atoms with Gasteiger partial charge in [0.05, 0.1) is 0 Å². The van der Waals surface area contributed by atoms with E-state index in [4.69, 9.17) is 0 Å². The van der Waals surface area contributed by atoms with E-state index in [-0.39, 0.29) is 0 Å². The maximum absolute atomic E-state index is 4.04. The molecule has 0 amide bonds. The summed E-state index contributed by atoms with van der Waals surface area (Å²) in [6.45, 7) is 6.79. The molecule has 0 bridgehead atoms. The van der Waals surface area contributed by atoms with Gasteiger partial charge in [-0.2, -0.15) is 0 Å². The first kappa shape index (κ1) is 13.1. The Kier molecular flexibility index (Phi) is 4.37. The highest BCUT2D eigenvalue weighted by atomic mass is 32.2. The van der Waals surface area contributed by atoms with Gasteiger partial charge in [-0.3, -0.25) is 0 Å². The summed E-state index contributed by atoms with van der Waals surface area (Å²) in [6, 6.07) is 8.61. The lowest BCUT2D eigenvalue weighted by Gasteiger charge is -2.14. The lowest BCUT2D eigenvalue weighted by Crippen LogP contribution is -2.04. The van der Waals surface area contributed by atoms with Crippen LogP contribution in [0.2, 0.25) is 0 Å². The number of hydrogen-bond donors (Lipinski definition) is 0. The molecule has 0 radical (unpaired) electrons. The second-order valence-corrected chi connectivity index (χ2v) is 6.17. The molecule has 0 spiro atoms. The van der Waals surface area contributed by atoms with Crippen molar-refractivity contribution < 1.29 is 0 Å². The van der Waals surface area contributed by atoms with E-state index >= 15 is 0 Å². The molecule has 1 aromatic heterocycles. The van der Waals surface area contributed by atoms with Gasteiger partial charge in [-0.15, -0.1) is 11.8 Å². The number of thioether (sulfide) groups is 1. The zero-order valence-corrected chi connectivity index (χ0v) is 11.8. The Balaban J connectivity index is 2.11. The summed E-state index contributed by atoms with van der Waals surface area (Å²) in [5, 5.41) is 0.635. The molecule has 1 unspecified atom stereocenters. The summed E-state index contributed by atoms with van der Waals surface area (Å²) in [5.74, 6) is 0.692. The van der Waals surface area contributed by atoms with Gasteiger partial charge in [0.25, 0.3) is 0 Å². The summed E-state index contributed by atoms with van der Waals surface area (Å²) in [5.41, 5.74) is 2.23. The Labute approximate surface area is 113 Å². The van der Waals surface area contributed by atoms with E-state index in [9.17, 15) is 0 Å². The van der Waals surface area contributed by atoms with Crippen LogP contribution in [0.1, 0.15) is 20.8 Å². The minimum atomic E-state index is 0.635. The molecule has 2 aromatic rings. The van der Waals surface area contributed by atoms with Gasteiger partial charge in [0, 0.05) is 28.1 Å². The normalized spacial score (nSPS) is 12.7. The average molecular weight is 258 g/mol. The lowest BCUT2D eigenvalue weighted by atomic mass is 10.1.